The van der Waals surface area contributed by atoms with Crippen molar-refractivity contribution >= 4 is 29.6 Å². The number of aryl methyl sites for hydroxylation is 1. The summed E-state index contributed by atoms with van der Waals surface area (Å²) in [6.07, 6.45) is -0.487. The fraction of sp³-hybridized carbons (Fsp3) is 0.396. The van der Waals surface area contributed by atoms with Crippen molar-refractivity contribution in [2.24, 2.45) is 0 Å². The fourth-order valence-corrected chi connectivity index (χ4v) is 12.8. The van der Waals surface area contributed by atoms with Crippen LogP contribution < -0.4 is 14.8 Å². The van der Waals surface area contributed by atoms with Crippen LogP contribution in [0.1, 0.15) is 58.7 Å². The summed E-state index contributed by atoms with van der Waals surface area (Å²) in [7, 11) is 5.04. The van der Waals surface area contributed by atoms with Crippen molar-refractivity contribution in [1.29, 1.82) is 5.26 Å². The van der Waals surface area contributed by atoms with Gasteiger partial charge in [-0.1, -0.05) is 84.9 Å². The molecule has 69 heavy (non-hydrogen) atoms. The van der Waals surface area contributed by atoms with Gasteiger partial charge in [0.2, 0.25) is 6.79 Å². The number of carbonyl (C=O) groups is 3. The third-order valence-corrected chi connectivity index (χ3v) is 15.7. The number of ether oxygens (including phenoxy) is 7. The number of esters is 1. The molecule has 358 valence electrons. The van der Waals surface area contributed by atoms with E-state index in [1.54, 1.807) is 14.0 Å². The molecule has 4 heterocycles. The van der Waals surface area contributed by atoms with Crippen LogP contribution >= 0.6 is 11.8 Å². The molecule has 4 aliphatic heterocycles. The molecular weight excluding hydrogens is 901 g/mol. The number of nitrogens with zero attached hydrogens (tertiary/aromatic N) is 3. The SMILES string of the molecule is COCOc1c(OC)c(C)cc2c1[C@H]1C3CC4(O)C(=O)C(C)=C5OCOC5=C4[C@H](COC(=O)[C@@H](CSCC4c5ccccc5-c5ccccc54)NC(=O)OCc4ccccc4)N3[C@@H](C#N)[C@H](C2)N1C. The number of fused-ring (bicyclic) bond motifs is 11. The third kappa shape index (κ3) is 7.90. The van der Waals surface area contributed by atoms with E-state index in [1.165, 1.54) is 41.1 Å². The number of aliphatic hydroxyl groups is 1. The van der Waals surface area contributed by atoms with Crippen molar-refractivity contribution in [3.63, 3.8) is 0 Å². The number of hydrogen-bond donors (Lipinski definition) is 2. The lowest BCUT2D eigenvalue weighted by Gasteiger charge is -2.62. The molecular formula is C53H54N4O11S. The number of carbonyl (C=O) groups excluding carboxylic acids is 3. The van der Waals surface area contributed by atoms with Crippen LogP contribution in [0.2, 0.25) is 0 Å². The van der Waals surface area contributed by atoms with E-state index in [4.69, 9.17) is 33.2 Å². The Hall–Kier alpha value is -6.35. The lowest BCUT2D eigenvalue weighted by molar-refractivity contribution is -0.159. The van der Waals surface area contributed by atoms with Crippen LogP contribution in [0.3, 0.4) is 0 Å². The number of ketones is 1. The molecule has 0 saturated carbocycles. The number of methoxy groups -OCH3 is 2. The Morgan fingerprint density at radius 1 is 0.957 bits per heavy atom. The van der Waals surface area contributed by atoms with Crippen LogP contribution in [0.4, 0.5) is 4.79 Å². The second kappa shape index (κ2) is 18.9. The van der Waals surface area contributed by atoms with E-state index in [9.17, 15) is 24.8 Å². The number of likely N-dealkylation sites (N-methyl/N-ethyl adjacent to an activating group) is 1. The Kier molecular flexibility index (Phi) is 12.7. The molecule has 2 unspecified atom stereocenters. The molecule has 0 aromatic heterocycles. The zero-order valence-corrected chi connectivity index (χ0v) is 39.9. The Morgan fingerprint density at radius 3 is 2.35 bits per heavy atom. The summed E-state index contributed by atoms with van der Waals surface area (Å²) in [5.41, 5.74) is 6.28. The molecule has 6 aliphatic rings. The summed E-state index contributed by atoms with van der Waals surface area (Å²) < 4.78 is 41.5. The molecule has 10 rings (SSSR count). The zero-order chi connectivity index (χ0) is 48.1. The van der Waals surface area contributed by atoms with E-state index in [2.05, 4.69) is 40.6 Å². The van der Waals surface area contributed by atoms with Gasteiger partial charge in [0.25, 0.3) is 0 Å². The predicted octanol–water partition coefficient (Wildman–Crippen LogP) is 6.46. The molecule has 2 bridgehead atoms. The number of nitriles is 1. The van der Waals surface area contributed by atoms with Gasteiger partial charge in [0.15, 0.2) is 41.2 Å². The minimum Gasteiger partial charge on any atom is -0.493 e. The van der Waals surface area contributed by atoms with Crippen LogP contribution in [0.15, 0.2) is 108 Å². The number of Topliss-reactive ketones (excluding diaryl/α,β-unsaturated/α-hetero) is 1. The maximum Gasteiger partial charge on any atom is 0.408 e. The highest BCUT2D eigenvalue weighted by Gasteiger charge is 2.64. The summed E-state index contributed by atoms with van der Waals surface area (Å²) >= 11 is 1.50. The van der Waals surface area contributed by atoms with E-state index in [0.29, 0.717) is 23.7 Å². The van der Waals surface area contributed by atoms with Crippen molar-refractivity contribution in [3.8, 4) is 28.7 Å². The van der Waals surface area contributed by atoms with Gasteiger partial charge in [-0.25, -0.2) is 9.59 Å². The lowest BCUT2D eigenvalue weighted by atomic mass is 9.65. The first kappa shape index (κ1) is 46.4. The van der Waals surface area contributed by atoms with Crippen LogP contribution in [-0.2, 0) is 46.3 Å². The van der Waals surface area contributed by atoms with Gasteiger partial charge in [-0.3, -0.25) is 14.6 Å². The molecule has 2 N–H and O–H groups in total. The molecule has 3 fully saturated rings. The Balaban J connectivity index is 0.996. The van der Waals surface area contributed by atoms with Gasteiger partial charge in [0, 0.05) is 59.7 Å². The second-order valence-corrected chi connectivity index (χ2v) is 19.4. The van der Waals surface area contributed by atoms with Crippen molar-refractivity contribution < 1.29 is 52.6 Å². The average Bonchev–Trinajstić information content (AvgIpc) is 3.97. The normalized spacial score (nSPS) is 24.8. The van der Waals surface area contributed by atoms with E-state index < -0.39 is 60.3 Å². The summed E-state index contributed by atoms with van der Waals surface area (Å²) in [6.45, 7) is 2.82. The highest BCUT2D eigenvalue weighted by atomic mass is 32.2. The maximum atomic E-state index is 14.7. The van der Waals surface area contributed by atoms with Crippen LogP contribution in [-0.4, -0.2) is 122 Å². The van der Waals surface area contributed by atoms with Gasteiger partial charge in [-0.2, -0.15) is 17.0 Å². The largest absolute Gasteiger partial charge is 0.493 e. The minimum absolute atomic E-state index is 0.0182. The molecule has 1 amide bonds. The first-order valence-corrected chi connectivity index (χ1v) is 24.2. The van der Waals surface area contributed by atoms with Gasteiger partial charge in [0.1, 0.15) is 25.3 Å². The lowest BCUT2D eigenvalue weighted by Crippen LogP contribution is -2.74. The first-order valence-electron chi connectivity index (χ1n) is 23.1. The van der Waals surface area contributed by atoms with E-state index in [1.807, 2.05) is 79.5 Å². The average molecular weight is 955 g/mol. The Morgan fingerprint density at radius 2 is 1.65 bits per heavy atom. The monoisotopic (exact) mass is 954 g/mol. The first-order chi connectivity index (χ1) is 33.5. The zero-order valence-electron chi connectivity index (χ0n) is 39.1. The van der Waals surface area contributed by atoms with Crippen molar-refractivity contribution in [2.75, 3.05) is 53.0 Å². The number of thioether (sulfide) groups is 1. The highest BCUT2D eigenvalue weighted by molar-refractivity contribution is 7.99. The third-order valence-electron chi connectivity index (χ3n) is 14.6. The predicted molar refractivity (Wildman–Crippen MR) is 254 cm³/mol. The molecule has 4 aromatic carbocycles. The number of piperazine rings is 1. The van der Waals surface area contributed by atoms with Gasteiger partial charge in [-0.15, -0.1) is 0 Å². The molecule has 2 aliphatic carbocycles. The summed E-state index contributed by atoms with van der Waals surface area (Å²) in [5.74, 6) is 0.823. The second-order valence-electron chi connectivity index (χ2n) is 18.3. The van der Waals surface area contributed by atoms with Gasteiger partial charge >= 0.3 is 12.1 Å². The molecule has 3 saturated heterocycles. The van der Waals surface area contributed by atoms with Crippen molar-refractivity contribution in [1.82, 2.24) is 15.1 Å². The van der Waals surface area contributed by atoms with E-state index >= 15 is 0 Å². The Bertz CT molecular complexity index is 2770. The number of alkyl carbamates (subject to hydrolysis) is 1. The van der Waals surface area contributed by atoms with Crippen molar-refractivity contribution in [2.45, 2.75) is 81.1 Å². The van der Waals surface area contributed by atoms with E-state index in [0.717, 1.165) is 22.3 Å². The molecule has 0 radical (unpaired) electrons. The molecule has 15 nitrogen and oxygen atoms in total. The quantitative estimate of drug-likeness (QED) is 0.104. The van der Waals surface area contributed by atoms with Crippen LogP contribution in [0.5, 0.6) is 11.5 Å². The fourth-order valence-electron chi connectivity index (χ4n) is 11.6. The number of rotatable bonds is 14. The summed E-state index contributed by atoms with van der Waals surface area (Å²) in [6, 6.07) is 25.7. The van der Waals surface area contributed by atoms with Crippen molar-refractivity contribution in [3.05, 3.63) is 141 Å². The summed E-state index contributed by atoms with van der Waals surface area (Å²) in [5, 5.41) is 27.0. The number of piperidine rings is 1. The number of amides is 1. The Labute approximate surface area is 404 Å². The number of hydrogen-bond acceptors (Lipinski definition) is 15. The summed E-state index contributed by atoms with van der Waals surface area (Å²) in [4.78, 5) is 47.0. The topological polar surface area (TPSA) is 178 Å². The highest BCUT2D eigenvalue weighted by Crippen LogP contribution is 2.57. The number of benzene rings is 4. The van der Waals surface area contributed by atoms with Gasteiger partial charge in [-0.05, 0) is 66.3 Å². The molecule has 16 heteroatoms. The molecule has 7 atom stereocenters. The van der Waals surface area contributed by atoms with Crippen LogP contribution in [0, 0.1) is 18.3 Å². The minimum atomic E-state index is -2.15. The van der Waals surface area contributed by atoms with Crippen LogP contribution in [0.25, 0.3) is 11.1 Å². The molecule has 0 spiro atoms. The van der Waals surface area contributed by atoms with Gasteiger partial charge in [0.05, 0.1) is 25.3 Å². The standard InChI is InChI=1S/C53H54N4O11S/c1-29-19-32-20-39-41(22-54)57-40(45(56(39)3)43(32)48(46(29)63-5)66-27-62-4)21-53(61)44(49-47(67-28-68-49)30(2)50(53)58)42(57)24-64-51(59)38(55-52(60)65-23-31-13-7-6-8-14-31)26-69-25-37-35-17-11-9-15-33(35)34-16-10-12-18-36(34)37/h6-19,37-42,45,61H,20-21,23-28H2,1-5H3,(H,55,60)/t38-,39+,40?,41+,42+,45-,53?/m1/s1. The van der Waals surface area contributed by atoms with E-state index in [-0.39, 0.29) is 67.0 Å². The number of nitrogens with one attached hydrogen (secondary N) is 1. The van der Waals surface area contributed by atoms with Gasteiger partial charge < -0.3 is 43.6 Å². The maximum absolute atomic E-state index is 14.7. The smallest absolute Gasteiger partial charge is 0.408 e. The molecule has 4 aromatic rings.